The first-order chi connectivity index (χ1) is 12.4. The number of carboxylic acid groups (broad SMARTS) is 1. The zero-order valence-electron chi connectivity index (χ0n) is 13.8. The van der Waals surface area contributed by atoms with Gasteiger partial charge in [0.05, 0.1) is 4.92 Å². The number of nitro benzene ring substituents is 1. The number of nitrogens with one attached hydrogen (secondary N) is 1. The molecule has 1 aliphatic rings. The van der Waals surface area contributed by atoms with Crippen molar-refractivity contribution in [1.29, 1.82) is 0 Å². The Balaban J connectivity index is 1.77. The van der Waals surface area contributed by atoms with Gasteiger partial charge in [-0.15, -0.1) is 11.3 Å². The quantitative estimate of drug-likeness (QED) is 0.611. The summed E-state index contributed by atoms with van der Waals surface area (Å²) in [6.45, 7) is 0. The largest absolute Gasteiger partial charge is 0.480 e. The fourth-order valence-electron chi connectivity index (χ4n) is 3.07. The van der Waals surface area contributed by atoms with Gasteiger partial charge in [-0.05, 0) is 25.0 Å². The van der Waals surface area contributed by atoms with Crippen LogP contribution in [0.5, 0.6) is 0 Å². The average Bonchev–Trinajstić information content (AvgIpc) is 3.13. The number of benzene rings is 1. The van der Waals surface area contributed by atoms with Crippen molar-refractivity contribution in [3.8, 4) is 10.6 Å². The van der Waals surface area contributed by atoms with Crippen molar-refractivity contribution in [2.75, 3.05) is 0 Å². The summed E-state index contributed by atoms with van der Waals surface area (Å²) < 4.78 is 0. The van der Waals surface area contributed by atoms with E-state index in [2.05, 4.69) is 10.3 Å². The molecule has 1 aliphatic carbocycles. The van der Waals surface area contributed by atoms with E-state index in [1.807, 2.05) is 0 Å². The Kier molecular flexibility index (Phi) is 4.99. The normalized spacial score (nSPS) is 16.0. The maximum absolute atomic E-state index is 12.5. The fraction of sp³-hybridized carbons (Fsp3) is 0.353. The summed E-state index contributed by atoms with van der Waals surface area (Å²) in [6, 6.07) is 5.88. The number of non-ortho nitro benzene ring substituents is 1. The van der Waals surface area contributed by atoms with E-state index in [9.17, 15) is 24.8 Å². The molecule has 1 saturated carbocycles. The highest BCUT2D eigenvalue weighted by Crippen LogP contribution is 2.30. The first-order valence-electron chi connectivity index (χ1n) is 8.17. The summed E-state index contributed by atoms with van der Waals surface area (Å²) in [5, 5.41) is 25.0. The summed E-state index contributed by atoms with van der Waals surface area (Å²) in [7, 11) is 0. The van der Waals surface area contributed by atoms with Gasteiger partial charge in [-0.1, -0.05) is 19.3 Å². The van der Waals surface area contributed by atoms with E-state index in [1.165, 1.54) is 23.5 Å². The molecule has 1 aromatic heterocycles. The molecule has 0 aliphatic heterocycles. The predicted molar refractivity (Wildman–Crippen MR) is 95.1 cm³/mol. The van der Waals surface area contributed by atoms with Gasteiger partial charge in [0, 0.05) is 23.1 Å². The first-order valence-corrected chi connectivity index (χ1v) is 9.05. The van der Waals surface area contributed by atoms with Gasteiger partial charge in [0.25, 0.3) is 11.6 Å². The van der Waals surface area contributed by atoms with Crippen LogP contribution >= 0.6 is 11.3 Å². The number of nitrogens with zero attached hydrogens (tertiary/aromatic N) is 2. The van der Waals surface area contributed by atoms with Crippen molar-refractivity contribution in [2.24, 2.45) is 0 Å². The van der Waals surface area contributed by atoms with Gasteiger partial charge in [-0.2, -0.15) is 0 Å². The molecule has 1 fully saturated rings. The number of carbonyl (C=O) groups is 2. The maximum atomic E-state index is 12.5. The van der Waals surface area contributed by atoms with Crippen molar-refractivity contribution in [1.82, 2.24) is 10.3 Å². The third kappa shape index (κ3) is 3.57. The van der Waals surface area contributed by atoms with E-state index in [0.717, 1.165) is 19.3 Å². The lowest BCUT2D eigenvalue weighted by Gasteiger charge is -2.33. The van der Waals surface area contributed by atoms with Crippen molar-refractivity contribution < 1.29 is 19.6 Å². The number of aliphatic carboxylic acids is 1. The van der Waals surface area contributed by atoms with Crippen LogP contribution in [0.2, 0.25) is 0 Å². The number of rotatable bonds is 5. The molecule has 8 nitrogen and oxygen atoms in total. The van der Waals surface area contributed by atoms with Gasteiger partial charge in [-0.25, -0.2) is 9.78 Å². The molecule has 9 heteroatoms. The van der Waals surface area contributed by atoms with Crippen LogP contribution in [-0.4, -0.2) is 32.4 Å². The Bertz CT molecular complexity index is 840. The standard InChI is InChI=1S/C17H17N3O5S/c21-14(19-17(16(22)23)8-2-1-3-9-17)13-10-26-15(18-13)11-4-6-12(7-5-11)20(24)25/h4-7,10H,1-3,8-9H2,(H,19,21)(H,22,23). The van der Waals surface area contributed by atoms with E-state index in [1.54, 1.807) is 17.5 Å². The highest BCUT2D eigenvalue weighted by molar-refractivity contribution is 7.13. The zero-order valence-corrected chi connectivity index (χ0v) is 14.6. The van der Waals surface area contributed by atoms with Gasteiger partial charge in [0.1, 0.15) is 16.2 Å². The molecule has 0 bridgehead atoms. The Morgan fingerprint density at radius 1 is 1.19 bits per heavy atom. The average molecular weight is 375 g/mol. The molecule has 0 atom stereocenters. The number of carboxylic acids is 1. The molecule has 2 aromatic rings. The minimum absolute atomic E-state index is 0.0241. The van der Waals surface area contributed by atoms with Gasteiger partial charge >= 0.3 is 5.97 Å². The molecule has 1 amide bonds. The first kappa shape index (κ1) is 18.0. The predicted octanol–water partition coefficient (Wildman–Crippen LogP) is 3.24. The van der Waals surface area contributed by atoms with Crippen LogP contribution in [0.3, 0.4) is 0 Å². The number of nitro groups is 1. The molecule has 0 spiro atoms. The molecule has 0 unspecified atom stereocenters. The minimum atomic E-state index is -1.23. The Morgan fingerprint density at radius 2 is 1.85 bits per heavy atom. The second-order valence-corrected chi connectivity index (χ2v) is 7.10. The van der Waals surface area contributed by atoms with Crippen LogP contribution < -0.4 is 5.32 Å². The third-order valence-electron chi connectivity index (χ3n) is 4.53. The number of thiazole rings is 1. The lowest BCUT2D eigenvalue weighted by atomic mass is 9.81. The maximum Gasteiger partial charge on any atom is 0.329 e. The second kappa shape index (κ2) is 7.20. The highest BCUT2D eigenvalue weighted by Gasteiger charge is 2.41. The zero-order chi connectivity index (χ0) is 18.7. The molecule has 3 rings (SSSR count). The molecule has 0 saturated heterocycles. The van der Waals surface area contributed by atoms with Crippen molar-refractivity contribution >= 4 is 28.9 Å². The fourth-order valence-corrected chi connectivity index (χ4v) is 3.87. The van der Waals surface area contributed by atoms with Crippen LogP contribution in [0.1, 0.15) is 42.6 Å². The van der Waals surface area contributed by atoms with Gasteiger partial charge in [0.15, 0.2) is 0 Å². The minimum Gasteiger partial charge on any atom is -0.480 e. The van der Waals surface area contributed by atoms with E-state index in [0.29, 0.717) is 23.4 Å². The molecule has 2 N–H and O–H groups in total. The monoisotopic (exact) mass is 375 g/mol. The second-order valence-electron chi connectivity index (χ2n) is 6.24. The van der Waals surface area contributed by atoms with E-state index < -0.39 is 22.3 Å². The molecule has 136 valence electrons. The Morgan fingerprint density at radius 3 is 2.42 bits per heavy atom. The summed E-state index contributed by atoms with van der Waals surface area (Å²) in [4.78, 5) is 38.6. The van der Waals surface area contributed by atoms with Crippen LogP contribution in [0.4, 0.5) is 5.69 Å². The molecule has 0 radical (unpaired) electrons. The SMILES string of the molecule is O=C(NC1(C(=O)O)CCCCC1)c1csc(-c2ccc([N+](=O)[O-])cc2)n1. The molecule has 26 heavy (non-hydrogen) atoms. The van der Waals surface area contributed by atoms with E-state index in [-0.39, 0.29) is 11.4 Å². The van der Waals surface area contributed by atoms with E-state index >= 15 is 0 Å². The summed E-state index contributed by atoms with van der Waals surface area (Å²) in [6.07, 6.45) is 3.31. The summed E-state index contributed by atoms with van der Waals surface area (Å²) >= 11 is 1.23. The molecule has 1 aromatic carbocycles. The van der Waals surface area contributed by atoms with Gasteiger partial charge in [-0.3, -0.25) is 14.9 Å². The number of hydrogen-bond acceptors (Lipinski definition) is 6. The topological polar surface area (TPSA) is 122 Å². The highest BCUT2D eigenvalue weighted by atomic mass is 32.1. The number of carbonyl (C=O) groups excluding carboxylic acids is 1. The lowest BCUT2D eigenvalue weighted by Crippen LogP contribution is -2.55. The van der Waals surface area contributed by atoms with Crippen LogP contribution in [-0.2, 0) is 4.79 Å². The molecular weight excluding hydrogens is 358 g/mol. The molecular formula is C17H17N3O5S. The smallest absolute Gasteiger partial charge is 0.329 e. The lowest BCUT2D eigenvalue weighted by molar-refractivity contribution is -0.384. The summed E-state index contributed by atoms with van der Waals surface area (Å²) in [5.74, 6) is -1.53. The van der Waals surface area contributed by atoms with Crippen molar-refractivity contribution in [3.63, 3.8) is 0 Å². The number of amides is 1. The Labute approximate surface area is 153 Å². The van der Waals surface area contributed by atoms with Crippen LogP contribution in [0, 0.1) is 10.1 Å². The van der Waals surface area contributed by atoms with Crippen molar-refractivity contribution in [2.45, 2.75) is 37.6 Å². The van der Waals surface area contributed by atoms with Crippen molar-refractivity contribution in [3.05, 3.63) is 45.5 Å². The van der Waals surface area contributed by atoms with Gasteiger partial charge in [0.2, 0.25) is 0 Å². The number of hydrogen-bond donors (Lipinski definition) is 2. The molecule has 1 heterocycles. The van der Waals surface area contributed by atoms with Crippen LogP contribution in [0.25, 0.3) is 10.6 Å². The van der Waals surface area contributed by atoms with E-state index in [4.69, 9.17) is 0 Å². The third-order valence-corrected chi connectivity index (χ3v) is 5.42. The number of aromatic nitrogens is 1. The Hall–Kier alpha value is -2.81. The van der Waals surface area contributed by atoms with Gasteiger partial charge < -0.3 is 10.4 Å². The van der Waals surface area contributed by atoms with Crippen LogP contribution in [0.15, 0.2) is 29.6 Å². The summed E-state index contributed by atoms with van der Waals surface area (Å²) in [5.41, 5.74) is -0.448.